The molecule has 28 heavy (non-hydrogen) atoms. The molecule has 1 heterocycles. The van der Waals surface area contributed by atoms with Crippen LogP contribution in [-0.2, 0) is 11.3 Å². The van der Waals surface area contributed by atoms with Gasteiger partial charge < -0.3 is 5.32 Å². The van der Waals surface area contributed by atoms with Gasteiger partial charge in [-0.2, -0.15) is 0 Å². The third kappa shape index (κ3) is 4.19. The highest BCUT2D eigenvalue weighted by Crippen LogP contribution is 2.27. The molecular weight excluding hydrogens is 350 g/mol. The summed E-state index contributed by atoms with van der Waals surface area (Å²) < 4.78 is 1.40. The monoisotopic (exact) mass is 375 g/mol. The number of rotatable bonds is 5. The SMILES string of the molecule is Cc1cccc(C(C)C)c1NC(=O)Cn1c(C)nc(-c2ccccc2)cc1=O. The molecule has 5 heteroatoms. The second-order valence-corrected chi connectivity index (χ2v) is 7.22. The molecule has 1 amide bonds. The molecule has 0 unspecified atom stereocenters. The van der Waals surface area contributed by atoms with Crippen molar-refractivity contribution in [2.75, 3.05) is 5.32 Å². The van der Waals surface area contributed by atoms with Crippen molar-refractivity contribution in [3.63, 3.8) is 0 Å². The predicted molar refractivity (Wildman–Crippen MR) is 113 cm³/mol. The summed E-state index contributed by atoms with van der Waals surface area (Å²) >= 11 is 0. The number of nitrogens with one attached hydrogen (secondary N) is 1. The Labute approximate surface area is 165 Å². The molecular formula is C23H25N3O2. The molecule has 0 aliphatic carbocycles. The van der Waals surface area contributed by atoms with E-state index in [1.54, 1.807) is 6.92 Å². The average molecular weight is 375 g/mol. The van der Waals surface area contributed by atoms with Crippen LogP contribution < -0.4 is 10.9 Å². The maximum atomic E-state index is 12.7. The van der Waals surface area contributed by atoms with Crippen LogP contribution in [0.2, 0.25) is 0 Å². The summed E-state index contributed by atoms with van der Waals surface area (Å²) in [5.41, 5.74) is 4.15. The zero-order valence-electron chi connectivity index (χ0n) is 16.7. The summed E-state index contributed by atoms with van der Waals surface area (Å²) in [5, 5.41) is 2.98. The second-order valence-electron chi connectivity index (χ2n) is 7.22. The predicted octanol–water partition coefficient (Wildman–Crippen LogP) is 4.29. The van der Waals surface area contributed by atoms with Crippen LogP contribution in [0.5, 0.6) is 0 Å². The molecule has 0 aliphatic heterocycles. The Bertz CT molecular complexity index is 1050. The van der Waals surface area contributed by atoms with Gasteiger partial charge in [-0.15, -0.1) is 0 Å². The highest BCUT2D eigenvalue weighted by Gasteiger charge is 2.14. The molecule has 0 atom stereocenters. The molecule has 0 saturated carbocycles. The molecule has 1 aromatic heterocycles. The van der Waals surface area contributed by atoms with Gasteiger partial charge in [-0.05, 0) is 30.9 Å². The number of amides is 1. The number of nitrogens with zero attached hydrogens (tertiary/aromatic N) is 2. The number of hydrogen-bond donors (Lipinski definition) is 1. The van der Waals surface area contributed by atoms with Gasteiger partial charge in [0.2, 0.25) is 5.91 Å². The first-order chi connectivity index (χ1) is 13.4. The van der Waals surface area contributed by atoms with Crippen molar-refractivity contribution in [3.8, 4) is 11.3 Å². The number of carbonyl (C=O) groups excluding carboxylic acids is 1. The molecule has 0 saturated heterocycles. The van der Waals surface area contributed by atoms with Crippen LogP contribution in [0.25, 0.3) is 11.3 Å². The standard InChI is InChI=1S/C23H25N3O2/c1-15(2)19-12-8-9-16(3)23(19)25-21(27)14-26-17(4)24-20(13-22(26)28)18-10-6-5-7-11-18/h5-13,15H,14H2,1-4H3,(H,25,27). The summed E-state index contributed by atoms with van der Waals surface area (Å²) in [7, 11) is 0. The van der Waals surface area contributed by atoms with Gasteiger partial charge in [-0.3, -0.25) is 14.2 Å². The van der Waals surface area contributed by atoms with Crippen molar-refractivity contribution in [1.82, 2.24) is 9.55 Å². The summed E-state index contributed by atoms with van der Waals surface area (Å²) in [6.45, 7) is 7.82. The molecule has 1 N–H and O–H groups in total. The van der Waals surface area contributed by atoms with Crippen LogP contribution in [0.1, 0.15) is 36.7 Å². The smallest absolute Gasteiger partial charge is 0.254 e. The van der Waals surface area contributed by atoms with Gasteiger partial charge in [0.25, 0.3) is 5.56 Å². The van der Waals surface area contributed by atoms with Crippen molar-refractivity contribution in [3.05, 3.63) is 81.9 Å². The van der Waals surface area contributed by atoms with E-state index in [9.17, 15) is 9.59 Å². The third-order valence-corrected chi connectivity index (χ3v) is 4.76. The number of para-hydroxylation sites is 1. The number of carbonyl (C=O) groups is 1. The lowest BCUT2D eigenvalue weighted by Crippen LogP contribution is -2.30. The average Bonchev–Trinajstić information content (AvgIpc) is 2.66. The summed E-state index contributed by atoms with van der Waals surface area (Å²) in [6.07, 6.45) is 0. The first-order valence-corrected chi connectivity index (χ1v) is 9.40. The first-order valence-electron chi connectivity index (χ1n) is 9.40. The number of aryl methyl sites for hydroxylation is 2. The first kappa shape index (κ1) is 19.5. The number of anilines is 1. The molecule has 0 aliphatic rings. The maximum absolute atomic E-state index is 12.7. The Morgan fingerprint density at radius 3 is 2.43 bits per heavy atom. The minimum absolute atomic E-state index is 0.0708. The summed E-state index contributed by atoms with van der Waals surface area (Å²) in [6, 6.07) is 17.0. The van der Waals surface area contributed by atoms with Gasteiger partial charge >= 0.3 is 0 Å². The Kier molecular flexibility index (Phi) is 5.73. The van der Waals surface area contributed by atoms with Crippen LogP contribution in [0.3, 0.4) is 0 Å². The third-order valence-electron chi connectivity index (χ3n) is 4.76. The zero-order chi connectivity index (χ0) is 20.3. The molecule has 3 rings (SSSR count). The number of aromatic nitrogens is 2. The Hall–Kier alpha value is -3.21. The van der Waals surface area contributed by atoms with Crippen LogP contribution >= 0.6 is 0 Å². The van der Waals surface area contributed by atoms with Gasteiger partial charge in [0.05, 0.1) is 5.69 Å². The normalized spacial score (nSPS) is 10.9. The second kappa shape index (κ2) is 8.21. The molecule has 144 valence electrons. The van der Waals surface area contributed by atoms with Crippen molar-refractivity contribution < 1.29 is 4.79 Å². The Morgan fingerprint density at radius 2 is 1.79 bits per heavy atom. The Morgan fingerprint density at radius 1 is 1.07 bits per heavy atom. The fraction of sp³-hybridized carbons (Fsp3) is 0.261. The van der Waals surface area contributed by atoms with E-state index in [1.807, 2.05) is 55.5 Å². The van der Waals surface area contributed by atoms with E-state index >= 15 is 0 Å². The molecule has 0 radical (unpaired) electrons. The van der Waals surface area contributed by atoms with Crippen molar-refractivity contribution in [2.24, 2.45) is 0 Å². The lowest BCUT2D eigenvalue weighted by molar-refractivity contribution is -0.116. The Balaban J connectivity index is 1.85. The van der Waals surface area contributed by atoms with Gasteiger partial charge in [0.1, 0.15) is 12.4 Å². The van der Waals surface area contributed by atoms with E-state index in [2.05, 4.69) is 24.1 Å². The number of hydrogen-bond acceptors (Lipinski definition) is 3. The van der Waals surface area contributed by atoms with E-state index in [0.717, 1.165) is 22.4 Å². The lowest BCUT2D eigenvalue weighted by atomic mass is 9.98. The largest absolute Gasteiger partial charge is 0.324 e. The van der Waals surface area contributed by atoms with Gasteiger partial charge in [-0.25, -0.2) is 4.98 Å². The molecule has 0 bridgehead atoms. The van der Waals surface area contributed by atoms with E-state index in [0.29, 0.717) is 11.5 Å². The maximum Gasteiger partial charge on any atom is 0.254 e. The molecule has 3 aromatic rings. The zero-order valence-corrected chi connectivity index (χ0v) is 16.7. The minimum atomic E-state index is -0.240. The van der Waals surface area contributed by atoms with Gasteiger partial charge in [0, 0.05) is 17.3 Å². The fourth-order valence-electron chi connectivity index (χ4n) is 3.24. The quantitative estimate of drug-likeness (QED) is 0.723. The van der Waals surface area contributed by atoms with E-state index in [4.69, 9.17) is 0 Å². The van der Waals surface area contributed by atoms with Crippen LogP contribution in [-0.4, -0.2) is 15.5 Å². The molecule has 5 nitrogen and oxygen atoms in total. The van der Waals surface area contributed by atoms with E-state index < -0.39 is 0 Å². The topological polar surface area (TPSA) is 64.0 Å². The number of benzene rings is 2. The minimum Gasteiger partial charge on any atom is -0.324 e. The fourth-order valence-corrected chi connectivity index (χ4v) is 3.24. The summed E-state index contributed by atoms with van der Waals surface area (Å²) in [5.74, 6) is 0.553. The summed E-state index contributed by atoms with van der Waals surface area (Å²) in [4.78, 5) is 29.8. The van der Waals surface area contributed by atoms with Crippen molar-refractivity contribution in [1.29, 1.82) is 0 Å². The van der Waals surface area contributed by atoms with Crippen molar-refractivity contribution in [2.45, 2.75) is 40.2 Å². The van der Waals surface area contributed by atoms with E-state index in [-0.39, 0.29) is 23.9 Å². The molecule has 2 aromatic carbocycles. The highest BCUT2D eigenvalue weighted by molar-refractivity contribution is 5.92. The molecule has 0 fully saturated rings. The van der Waals surface area contributed by atoms with Crippen LogP contribution in [0.15, 0.2) is 59.4 Å². The van der Waals surface area contributed by atoms with Crippen LogP contribution in [0.4, 0.5) is 5.69 Å². The molecule has 0 spiro atoms. The lowest BCUT2D eigenvalue weighted by Gasteiger charge is -2.17. The van der Waals surface area contributed by atoms with Gasteiger partial charge in [-0.1, -0.05) is 62.4 Å². The van der Waals surface area contributed by atoms with Crippen LogP contribution in [0, 0.1) is 13.8 Å². The van der Waals surface area contributed by atoms with E-state index in [1.165, 1.54) is 10.6 Å². The van der Waals surface area contributed by atoms with Crippen molar-refractivity contribution >= 4 is 11.6 Å². The highest BCUT2D eigenvalue weighted by atomic mass is 16.2. The van der Waals surface area contributed by atoms with Gasteiger partial charge in [0.15, 0.2) is 0 Å².